The van der Waals surface area contributed by atoms with Crippen LogP contribution >= 0.6 is 11.8 Å². The van der Waals surface area contributed by atoms with Gasteiger partial charge in [0.1, 0.15) is 0 Å². The first kappa shape index (κ1) is 18.3. The van der Waals surface area contributed by atoms with Crippen LogP contribution in [0.5, 0.6) is 0 Å². The highest BCUT2D eigenvalue weighted by Crippen LogP contribution is 2.43. The van der Waals surface area contributed by atoms with Crippen molar-refractivity contribution in [2.45, 2.75) is 31.1 Å². The molecule has 3 fully saturated rings. The van der Waals surface area contributed by atoms with E-state index in [1.54, 1.807) is 36.0 Å². The topological polar surface area (TPSA) is 69.7 Å². The molecular weight excluding hydrogens is 362 g/mol. The van der Waals surface area contributed by atoms with Crippen LogP contribution in [0.15, 0.2) is 24.3 Å². The molecule has 1 saturated carbocycles. The predicted octanol–water partition coefficient (Wildman–Crippen LogP) is 2.42. The second-order valence-electron chi connectivity index (χ2n) is 7.87. The Morgan fingerprint density at radius 2 is 1.81 bits per heavy atom. The molecule has 2 unspecified atom stereocenters. The van der Waals surface area contributed by atoms with E-state index in [2.05, 4.69) is 12.2 Å². The molecular formula is C20H25N3O3S. The normalized spacial score (nSPS) is 26.4. The highest BCUT2D eigenvalue weighted by Gasteiger charge is 2.46. The van der Waals surface area contributed by atoms with Crippen molar-refractivity contribution >= 4 is 35.2 Å². The zero-order valence-corrected chi connectivity index (χ0v) is 16.6. The molecule has 2 heterocycles. The predicted molar refractivity (Wildman–Crippen MR) is 105 cm³/mol. The second kappa shape index (κ2) is 6.86. The molecule has 0 bridgehead atoms. The number of piperidine rings is 1. The molecule has 0 radical (unpaired) electrons. The van der Waals surface area contributed by atoms with Crippen LogP contribution in [-0.4, -0.2) is 58.3 Å². The van der Waals surface area contributed by atoms with Gasteiger partial charge in [-0.25, -0.2) is 0 Å². The maximum atomic E-state index is 12.8. The first-order valence-electron chi connectivity index (χ1n) is 9.50. The third-order valence-electron chi connectivity index (χ3n) is 6.13. The van der Waals surface area contributed by atoms with Gasteiger partial charge in [0.15, 0.2) is 0 Å². The molecule has 4 rings (SSSR count). The Balaban J connectivity index is 1.35. The fraction of sp³-hybridized carbons (Fsp3) is 0.550. The zero-order chi connectivity index (χ0) is 19.2. The third kappa shape index (κ3) is 3.45. The summed E-state index contributed by atoms with van der Waals surface area (Å²) in [7, 11) is 1.87. The van der Waals surface area contributed by atoms with Gasteiger partial charge in [-0.05, 0) is 49.4 Å². The molecule has 1 N–H and O–H groups in total. The minimum atomic E-state index is -0.137. The standard InChI is InChI=1S/C20H25N3O3S/c1-13-11-16(13)18(25)21-15-5-3-14(4-6-15)19(26)23-9-7-20(8-10-23)22(2)17(24)12-27-20/h3-6,13,16H,7-12H2,1-2H3,(H,21,25). The average Bonchev–Trinajstić information content (AvgIpc) is 3.36. The van der Waals surface area contributed by atoms with Gasteiger partial charge in [0, 0.05) is 37.3 Å². The summed E-state index contributed by atoms with van der Waals surface area (Å²) in [5.41, 5.74) is 1.36. The maximum absolute atomic E-state index is 12.8. The number of carbonyl (C=O) groups excluding carboxylic acids is 3. The van der Waals surface area contributed by atoms with Gasteiger partial charge in [-0.1, -0.05) is 6.92 Å². The number of carbonyl (C=O) groups is 3. The highest BCUT2D eigenvalue weighted by atomic mass is 32.2. The van der Waals surface area contributed by atoms with Gasteiger partial charge in [-0.3, -0.25) is 14.4 Å². The van der Waals surface area contributed by atoms with Gasteiger partial charge >= 0.3 is 0 Å². The maximum Gasteiger partial charge on any atom is 0.253 e. The summed E-state index contributed by atoms with van der Waals surface area (Å²) in [4.78, 5) is 40.2. The molecule has 1 aromatic rings. The SMILES string of the molecule is CC1CC1C(=O)Nc1ccc(C(=O)N2CCC3(CC2)SCC(=O)N3C)cc1. The number of hydrogen-bond donors (Lipinski definition) is 1. The van der Waals surface area contributed by atoms with Crippen LogP contribution in [-0.2, 0) is 9.59 Å². The van der Waals surface area contributed by atoms with E-state index in [1.165, 1.54) is 0 Å². The number of anilines is 1. The largest absolute Gasteiger partial charge is 0.338 e. The number of amides is 3. The minimum absolute atomic E-state index is 0.00974. The van der Waals surface area contributed by atoms with Gasteiger partial charge in [0.2, 0.25) is 11.8 Å². The lowest BCUT2D eigenvalue weighted by Crippen LogP contribution is -2.51. The van der Waals surface area contributed by atoms with Crippen LogP contribution < -0.4 is 5.32 Å². The van der Waals surface area contributed by atoms with Crippen molar-refractivity contribution in [1.82, 2.24) is 9.80 Å². The van der Waals surface area contributed by atoms with Crippen molar-refractivity contribution in [1.29, 1.82) is 0 Å². The molecule has 0 aromatic heterocycles. The molecule has 2 aliphatic heterocycles. The number of benzene rings is 1. The molecule has 1 spiro atoms. The number of thioether (sulfide) groups is 1. The van der Waals surface area contributed by atoms with Crippen molar-refractivity contribution in [3.05, 3.63) is 29.8 Å². The molecule has 1 aromatic carbocycles. The third-order valence-corrected chi connectivity index (χ3v) is 7.74. The molecule has 3 amide bonds. The summed E-state index contributed by atoms with van der Waals surface area (Å²) < 4.78 is 0. The van der Waals surface area contributed by atoms with Crippen molar-refractivity contribution in [2.24, 2.45) is 11.8 Å². The number of nitrogens with zero attached hydrogens (tertiary/aromatic N) is 2. The monoisotopic (exact) mass is 387 g/mol. The van der Waals surface area contributed by atoms with E-state index < -0.39 is 0 Å². The van der Waals surface area contributed by atoms with Crippen LogP contribution in [0.2, 0.25) is 0 Å². The quantitative estimate of drug-likeness (QED) is 0.865. The van der Waals surface area contributed by atoms with Crippen molar-refractivity contribution in [3.8, 4) is 0 Å². The Kier molecular flexibility index (Phi) is 4.66. The lowest BCUT2D eigenvalue weighted by atomic mass is 10.0. The number of rotatable bonds is 3. The minimum Gasteiger partial charge on any atom is -0.338 e. The summed E-state index contributed by atoms with van der Waals surface area (Å²) >= 11 is 1.70. The van der Waals surface area contributed by atoms with Crippen LogP contribution in [0.1, 0.15) is 36.5 Å². The highest BCUT2D eigenvalue weighted by molar-refractivity contribution is 8.01. The lowest BCUT2D eigenvalue weighted by Gasteiger charge is -2.42. The Morgan fingerprint density at radius 1 is 1.19 bits per heavy atom. The Morgan fingerprint density at radius 3 is 2.33 bits per heavy atom. The second-order valence-corrected chi connectivity index (χ2v) is 9.20. The number of hydrogen-bond acceptors (Lipinski definition) is 4. The van der Waals surface area contributed by atoms with Gasteiger partial charge in [0.05, 0.1) is 10.6 Å². The van der Waals surface area contributed by atoms with Crippen LogP contribution in [0, 0.1) is 11.8 Å². The number of likely N-dealkylation sites (tertiary alicyclic amines) is 1. The zero-order valence-electron chi connectivity index (χ0n) is 15.7. The lowest BCUT2D eigenvalue weighted by molar-refractivity contribution is -0.129. The molecule has 3 aliphatic rings. The first-order chi connectivity index (χ1) is 12.9. The van der Waals surface area contributed by atoms with E-state index >= 15 is 0 Å². The van der Waals surface area contributed by atoms with Gasteiger partial charge in [-0.2, -0.15) is 0 Å². The molecule has 144 valence electrons. The van der Waals surface area contributed by atoms with Gasteiger partial charge in [0.25, 0.3) is 5.91 Å². The molecule has 27 heavy (non-hydrogen) atoms. The summed E-state index contributed by atoms with van der Waals surface area (Å²) in [6, 6.07) is 7.14. The van der Waals surface area contributed by atoms with Gasteiger partial charge < -0.3 is 15.1 Å². The Hall–Kier alpha value is -2.02. The van der Waals surface area contributed by atoms with E-state index in [0.717, 1.165) is 24.9 Å². The van der Waals surface area contributed by atoms with Crippen LogP contribution in [0.4, 0.5) is 5.69 Å². The molecule has 7 heteroatoms. The summed E-state index contributed by atoms with van der Waals surface area (Å²) in [6.45, 7) is 3.38. The van der Waals surface area contributed by atoms with Gasteiger partial charge in [-0.15, -0.1) is 11.8 Å². The smallest absolute Gasteiger partial charge is 0.253 e. The summed E-state index contributed by atoms with van der Waals surface area (Å²) in [6.07, 6.45) is 2.57. The van der Waals surface area contributed by atoms with Crippen LogP contribution in [0.25, 0.3) is 0 Å². The summed E-state index contributed by atoms with van der Waals surface area (Å²) in [5, 5.41) is 2.92. The Labute approximate surface area is 163 Å². The average molecular weight is 388 g/mol. The van der Waals surface area contributed by atoms with E-state index in [4.69, 9.17) is 0 Å². The van der Waals surface area contributed by atoms with Crippen molar-refractivity contribution in [3.63, 3.8) is 0 Å². The van der Waals surface area contributed by atoms with Crippen molar-refractivity contribution in [2.75, 3.05) is 31.2 Å². The number of nitrogens with one attached hydrogen (secondary N) is 1. The molecule has 2 saturated heterocycles. The van der Waals surface area contributed by atoms with Crippen molar-refractivity contribution < 1.29 is 14.4 Å². The summed E-state index contributed by atoms with van der Waals surface area (Å²) in [5.74, 6) is 1.40. The van der Waals surface area contributed by atoms with E-state index in [9.17, 15) is 14.4 Å². The molecule has 2 atom stereocenters. The molecule has 1 aliphatic carbocycles. The fourth-order valence-corrected chi connectivity index (χ4v) is 5.31. The Bertz CT molecular complexity index is 771. The fourth-order valence-electron chi connectivity index (χ4n) is 3.96. The van der Waals surface area contributed by atoms with E-state index in [1.807, 2.05) is 16.8 Å². The van der Waals surface area contributed by atoms with E-state index in [0.29, 0.717) is 30.3 Å². The molecule has 6 nitrogen and oxygen atoms in total. The van der Waals surface area contributed by atoms with E-state index in [-0.39, 0.29) is 28.5 Å². The van der Waals surface area contributed by atoms with Crippen LogP contribution in [0.3, 0.4) is 0 Å². The first-order valence-corrected chi connectivity index (χ1v) is 10.5.